The summed E-state index contributed by atoms with van der Waals surface area (Å²) in [6.07, 6.45) is -0.642. The van der Waals surface area contributed by atoms with Crippen LogP contribution in [0.15, 0.2) is 22.2 Å². The summed E-state index contributed by atoms with van der Waals surface area (Å²) in [4.78, 5) is 45.7. The Bertz CT molecular complexity index is 1890. The van der Waals surface area contributed by atoms with Gasteiger partial charge in [-0.2, -0.15) is 9.97 Å². The van der Waals surface area contributed by atoms with E-state index in [0.29, 0.717) is 13.1 Å². The van der Waals surface area contributed by atoms with Gasteiger partial charge in [0.15, 0.2) is 22.3 Å². The fourth-order valence-corrected chi connectivity index (χ4v) is 7.98. The SMILES string of the molecule is Nc1nc2c(ncn2[C@H]2C[C@@H](O)[C@@H](COP(=O)(O[C@@H]3C[C@H](n4cnc5c(=O)[nH]c(N)nc54)O[C@@H]3CO)N3CCCC3)O2)c(=O)[nH]1. The van der Waals surface area contributed by atoms with Gasteiger partial charge in [0.1, 0.15) is 30.8 Å². The first-order valence-electron chi connectivity index (χ1n) is 14.4. The van der Waals surface area contributed by atoms with Gasteiger partial charge in [-0.3, -0.25) is 37.7 Å². The molecule has 20 nitrogen and oxygen atoms in total. The van der Waals surface area contributed by atoms with Gasteiger partial charge in [-0.05, 0) is 12.8 Å². The second kappa shape index (κ2) is 11.6. The Morgan fingerprint density at radius 1 is 0.933 bits per heavy atom. The van der Waals surface area contributed by atoms with Crippen LogP contribution in [0.2, 0.25) is 0 Å². The number of fused-ring (bicyclic) bond motifs is 2. The van der Waals surface area contributed by atoms with Crippen molar-refractivity contribution in [1.82, 2.24) is 43.7 Å². The van der Waals surface area contributed by atoms with E-state index in [1.54, 1.807) is 4.67 Å². The molecular formula is C24H32N11O9P. The standard InChI is InChI=1S/C24H32N11O9P/c25-23-29-19-17(21(38)31-23)27-9-34(19)15-5-11(37)14(43-15)8-41-45(40,33-3-1-2-4-33)44-12-6-16(42-13(12)7-36)35-10-28-18-20(35)30-24(26)32-22(18)39/h9-16,36-37H,1-8H2,(H3,25,29,31,38)(H3,26,30,32,39)/t11-,12-,13-,14-,15-,16-,45?/m1/s1. The Hall–Kier alpha value is -3.75. The number of nitrogens with zero attached hydrogens (tertiary/aromatic N) is 7. The molecule has 7 heterocycles. The van der Waals surface area contributed by atoms with Crippen LogP contribution in [-0.2, 0) is 23.1 Å². The summed E-state index contributed by atoms with van der Waals surface area (Å²) >= 11 is 0. The third-order valence-electron chi connectivity index (χ3n) is 8.19. The van der Waals surface area contributed by atoms with Crippen molar-refractivity contribution in [2.45, 2.75) is 62.6 Å². The van der Waals surface area contributed by atoms with Crippen molar-refractivity contribution in [1.29, 1.82) is 0 Å². The highest BCUT2D eigenvalue weighted by molar-refractivity contribution is 7.51. The number of aromatic nitrogens is 8. The number of aliphatic hydroxyl groups excluding tert-OH is 2. The lowest BCUT2D eigenvalue weighted by Crippen LogP contribution is -2.32. The monoisotopic (exact) mass is 649 g/mol. The van der Waals surface area contributed by atoms with Crippen LogP contribution in [0.4, 0.5) is 11.9 Å². The molecule has 1 unspecified atom stereocenters. The van der Waals surface area contributed by atoms with Crippen molar-refractivity contribution in [3.05, 3.63) is 33.4 Å². The van der Waals surface area contributed by atoms with E-state index in [1.807, 2.05) is 0 Å². The Morgan fingerprint density at radius 2 is 1.49 bits per heavy atom. The zero-order valence-corrected chi connectivity index (χ0v) is 24.7. The van der Waals surface area contributed by atoms with Gasteiger partial charge >= 0.3 is 7.75 Å². The molecule has 3 aliphatic heterocycles. The smallest absolute Gasteiger partial charge is 0.394 e. The van der Waals surface area contributed by atoms with Gasteiger partial charge in [-0.15, -0.1) is 0 Å². The van der Waals surface area contributed by atoms with E-state index in [-0.39, 0.29) is 53.7 Å². The molecule has 3 aliphatic rings. The van der Waals surface area contributed by atoms with E-state index in [1.165, 1.54) is 21.8 Å². The van der Waals surface area contributed by atoms with Crippen LogP contribution in [0.5, 0.6) is 0 Å². The molecule has 242 valence electrons. The number of nitrogens with two attached hydrogens (primary N) is 2. The van der Waals surface area contributed by atoms with E-state index in [2.05, 4.69) is 29.9 Å². The lowest BCUT2D eigenvalue weighted by atomic mass is 10.2. The summed E-state index contributed by atoms with van der Waals surface area (Å²) in [7, 11) is -4.00. The van der Waals surface area contributed by atoms with Crippen molar-refractivity contribution in [2.24, 2.45) is 0 Å². The number of H-pyrrole nitrogens is 2. The van der Waals surface area contributed by atoms with Gasteiger partial charge in [0.2, 0.25) is 11.9 Å². The number of imidazole rings is 2. The Kier molecular flexibility index (Phi) is 7.69. The molecule has 4 aromatic rings. The number of nitrogens with one attached hydrogen (secondary N) is 2. The van der Waals surface area contributed by atoms with Crippen LogP contribution in [0.3, 0.4) is 0 Å². The number of nitrogen functional groups attached to an aromatic ring is 2. The Labute approximate surface area is 252 Å². The lowest BCUT2D eigenvalue weighted by molar-refractivity contribution is -0.0534. The van der Waals surface area contributed by atoms with Crippen molar-refractivity contribution < 1.29 is 33.3 Å². The quantitative estimate of drug-likeness (QED) is 0.118. The molecular weight excluding hydrogens is 617 g/mol. The maximum Gasteiger partial charge on any atom is 0.408 e. The van der Waals surface area contributed by atoms with Gasteiger partial charge in [0, 0.05) is 25.9 Å². The predicted molar refractivity (Wildman–Crippen MR) is 155 cm³/mol. The molecule has 8 N–H and O–H groups in total. The predicted octanol–water partition coefficient (Wildman–Crippen LogP) is -1.05. The number of ether oxygens (including phenoxy) is 2. The van der Waals surface area contributed by atoms with Gasteiger partial charge in [0.25, 0.3) is 11.1 Å². The first kappa shape index (κ1) is 29.9. The van der Waals surface area contributed by atoms with Gasteiger partial charge in [-0.25, -0.2) is 19.2 Å². The molecule has 0 amide bonds. The number of aromatic amines is 2. The summed E-state index contributed by atoms with van der Waals surface area (Å²) < 4.78 is 43.2. The maximum atomic E-state index is 14.4. The maximum absolute atomic E-state index is 14.4. The molecule has 0 radical (unpaired) electrons. The van der Waals surface area contributed by atoms with Crippen LogP contribution in [-0.4, -0.2) is 105 Å². The topological polar surface area (TPSA) is 277 Å². The fraction of sp³-hybridized carbons (Fsp3) is 0.583. The number of anilines is 2. The molecule has 21 heteroatoms. The molecule has 0 bridgehead atoms. The fourth-order valence-electron chi connectivity index (χ4n) is 5.95. The second-order valence-electron chi connectivity index (χ2n) is 11.1. The summed E-state index contributed by atoms with van der Waals surface area (Å²) in [5.74, 6) is -0.189. The van der Waals surface area contributed by atoms with Crippen LogP contribution < -0.4 is 22.6 Å². The first-order chi connectivity index (χ1) is 21.6. The molecule has 0 aliphatic carbocycles. The molecule has 3 saturated heterocycles. The van der Waals surface area contributed by atoms with Crippen molar-refractivity contribution in [3.63, 3.8) is 0 Å². The lowest BCUT2D eigenvalue weighted by Gasteiger charge is -2.30. The highest BCUT2D eigenvalue weighted by Gasteiger charge is 2.47. The largest absolute Gasteiger partial charge is 0.408 e. The highest BCUT2D eigenvalue weighted by Crippen LogP contribution is 2.57. The van der Waals surface area contributed by atoms with Crippen LogP contribution in [0, 0.1) is 0 Å². The molecule has 0 saturated carbocycles. The minimum absolute atomic E-state index is 0.0620. The van der Waals surface area contributed by atoms with E-state index in [4.69, 9.17) is 30.0 Å². The first-order valence-corrected chi connectivity index (χ1v) is 15.9. The van der Waals surface area contributed by atoms with E-state index in [0.717, 1.165) is 12.8 Å². The third-order valence-corrected chi connectivity index (χ3v) is 10.3. The van der Waals surface area contributed by atoms with Crippen LogP contribution in [0.1, 0.15) is 38.1 Å². The summed E-state index contributed by atoms with van der Waals surface area (Å²) in [6.45, 7) is 0.175. The number of aliphatic hydroxyl groups is 2. The molecule has 3 fully saturated rings. The molecule has 45 heavy (non-hydrogen) atoms. The minimum atomic E-state index is -4.00. The molecule has 0 aromatic carbocycles. The number of rotatable bonds is 9. The minimum Gasteiger partial charge on any atom is -0.394 e. The molecule has 7 atom stereocenters. The average Bonchev–Trinajstić information content (AvgIpc) is 3.82. The van der Waals surface area contributed by atoms with Crippen molar-refractivity contribution in [3.8, 4) is 0 Å². The van der Waals surface area contributed by atoms with Crippen molar-refractivity contribution >= 4 is 42.0 Å². The molecule has 7 rings (SSSR count). The highest BCUT2D eigenvalue weighted by atomic mass is 31.2. The normalized spacial score (nSPS) is 28.8. The van der Waals surface area contributed by atoms with Crippen molar-refractivity contribution in [2.75, 3.05) is 37.8 Å². The van der Waals surface area contributed by atoms with Crippen LogP contribution >= 0.6 is 7.75 Å². The third kappa shape index (κ3) is 5.42. The van der Waals surface area contributed by atoms with Crippen LogP contribution in [0.25, 0.3) is 22.3 Å². The Morgan fingerprint density at radius 3 is 2.07 bits per heavy atom. The summed E-state index contributed by atoms with van der Waals surface area (Å²) in [6, 6.07) is 0. The zero-order valence-electron chi connectivity index (χ0n) is 23.8. The van der Waals surface area contributed by atoms with E-state index < -0.39 is 62.3 Å². The van der Waals surface area contributed by atoms with Gasteiger partial charge < -0.3 is 31.2 Å². The van der Waals surface area contributed by atoms with Gasteiger partial charge in [-0.1, -0.05) is 0 Å². The summed E-state index contributed by atoms with van der Waals surface area (Å²) in [5, 5.41) is 21.0. The van der Waals surface area contributed by atoms with E-state index >= 15 is 0 Å². The number of hydrogen-bond donors (Lipinski definition) is 6. The zero-order chi connectivity index (χ0) is 31.5. The Balaban J connectivity index is 1.08. The number of hydrogen-bond acceptors (Lipinski definition) is 15. The summed E-state index contributed by atoms with van der Waals surface area (Å²) in [5.41, 5.74) is 10.9. The molecule has 4 aromatic heterocycles. The van der Waals surface area contributed by atoms with E-state index in [9.17, 15) is 24.4 Å². The van der Waals surface area contributed by atoms with Gasteiger partial charge in [0.05, 0.1) is 32.0 Å². The average molecular weight is 650 g/mol. The second-order valence-corrected chi connectivity index (χ2v) is 13.1. The molecule has 0 spiro atoms.